The van der Waals surface area contributed by atoms with Gasteiger partial charge in [-0.1, -0.05) is 11.8 Å². The Morgan fingerprint density at radius 3 is 2.71 bits per heavy atom. The molecule has 1 heterocycles. The fraction of sp³-hybridized carbons (Fsp3) is 0.214. The van der Waals surface area contributed by atoms with Gasteiger partial charge in [-0.2, -0.15) is 0 Å². The number of aromatic nitrogens is 1. The molecule has 0 amide bonds. The fourth-order valence-electron chi connectivity index (χ4n) is 1.67. The largest absolute Gasteiger partial charge is 0.320 e. The topological polar surface area (TPSA) is 85.1 Å². The number of hydrogen-bond donors (Lipinski definition) is 2. The Labute approximate surface area is 128 Å². The average molecular weight is 321 g/mol. The van der Waals surface area contributed by atoms with Gasteiger partial charge in [0.05, 0.1) is 11.4 Å². The van der Waals surface area contributed by atoms with Crippen LogP contribution in [0.15, 0.2) is 29.3 Å². The smallest absolute Gasteiger partial charge is 0.263 e. The molecule has 0 saturated heterocycles. The maximum Gasteiger partial charge on any atom is 0.263 e. The number of rotatable bonds is 3. The molecule has 0 bridgehead atoms. The summed E-state index contributed by atoms with van der Waals surface area (Å²) in [6.07, 6.45) is 1.62. The Morgan fingerprint density at radius 1 is 1.38 bits per heavy atom. The summed E-state index contributed by atoms with van der Waals surface area (Å²) in [5, 5.41) is 0.358. The molecule has 1 aromatic heterocycles. The van der Waals surface area contributed by atoms with Crippen LogP contribution in [0, 0.1) is 25.7 Å². The number of nitrogens with zero attached hydrogens (tertiary/aromatic N) is 1. The standard InChI is InChI=1S/C14H15N3O2S2/c1-10-8-13(6-5-12(10)4-3-7-15)21(18,19)17-14-16-9-11(2)20-14/h5-6,8-9H,7,15H2,1-2H3,(H,16,17). The molecule has 0 unspecified atom stereocenters. The van der Waals surface area contributed by atoms with Gasteiger partial charge < -0.3 is 5.73 Å². The van der Waals surface area contributed by atoms with Crippen LogP contribution >= 0.6 is 11.3 Å². The predicted molar refractivity (Wildman–Crippen MR) is 84.8 cm³/mol. The van der Waals surface area contributed by atoms with Gasteiger partial charge >= 0.3 is 0 Å². The Hall–Kier alpha value is -1.88. The summed E-state index contributed by atoms with van der Waals surface area (Å²) in [7, 11) is -3.63. The first-order chi connectivity index (χ1) is 9.92. The zero-order valence-corrected chi connectivity index (χ0v) is 13.3. The van der Waals surface area contributed by atoms with E-state index in [4.69, 9.17) is 5.73 Å². The van der Waals surface area contributed by atoms with Crippen molar-refractivity contribution in [3.8, 4) is 11.8 Å². The Kier molecular flexibility index (Phi) is 4.63. The van der Waals surface area contributed by atoms with Crippen LogP contribution in [0.4, 0.5) is 5.13 Å². The number of hydrogen-bond acceptors (Lipinski definition) is 5. The highest BCUT2D eigenvalue weighted by molar-refractivity contribution is 7.93. The Bertz CT molecular complexity index is 814. The van der Waals surface area contributed by atoms with E-state index < -0.39 is 10.0 Å². The summed E-state index contributed by atoms with van der Waals surface area (Å²) >= 11 is 1.29. The van der Waals surface area contributed by atoms with E-state index in [0.29, 0.717) is 5.13 Å². The zero-order valence-electron chi connectivity index (χ0n) is 11.7. The van der Waals surface area contributed by atoms with Gasteiger partial charge in [0, 0.05) is 16.6 Å². The van der Waals surface area contributed by atoms with Crippen LogP contribution < -0.4 is 10.5 Å². The molecule has 2 aromatic rings. The van der Waals surface area contributed by atoms with E-state index in [1.807, 2.05) is 13.8 Å². The van der Waals surface area contributed by atoms with Crippen LogP contribution in [0.3, 0.4) is 0 Å². The van der Waals surface area contributed by atoms with E-state index in [2.05, 4.69) is 21.5 Å². The molecule has 7 heteroatoms. The number of sulfonamides is 1. The van der Waals surface area contributed by atoms with Crippen LogP contribution in [-0.2, 0) is 10.0 Å². The maximum atomic E-state index is 12.3. The van der Waals surface area contributed by atoms with E-state index >= 15 is 0 Å². The van der Waals surface area contributed by atoms with Crippen LogP contribution in [0.25, 0.3) is 0 Å². The second kappa shape index (κ2) is 6.26. The number of aryl methyl sites for hydroxylation is 2. The summed E-state index contributed by atoms with van der Waals surface area (Å²) in [5.41, 5.74) is 6.88. The molecule has 0 atom stereocenters. The highest BCUT2D eigenvalue weighted by atomic mass is 32.2. The summed E-state index contributed by atoms with van der Waals surface area (Å²) in [5.74, 6) is 5.65. The van der Waals surface area contributed by atoms with Crippen LogP contribution in [0.5, 0.6) is 0 Å². The van der Waals surface area contributed by atoms with Gasteiger partial charge in [0.2, 0.25) is 0 Å². The van der Waals surface area contributed by atoms with E-state index in [1.165, 1.54) is 17.4 Å². The Morgan fingerprint density at radius 2 is 2.14 bits per heavy atom. The molecule has 0 aliphatic rings. The van der Waals surface area contributed by atoms with Gasteiger partial charge in [0.15, 0.2) is 5.13 Å². The van der Waals surface area contributed by atoms with Crippen molar-refractivity contribution in [2.75, 3.05) is 11.3 Å². The summed E-state index contributed by atoms with van der Waals surface area (Å²) in [6, 6.07) is 4.79. The SMILES string of the molecule is Cc1cnc(NS(=O)(=O)c2ccc(C#CCN)c(C)c2)s1. The molecule has 0 aliphatic heterocycles. The Balaban J connectivity index is 2.30. The molecule has 5 nitrogen and oxygen atoms in total. The molecule has 0 spiro atoms. The molecular weight excluding hydrogens is 306 g/mol. The lowest BCUT2D eigenvalue weighted by Gasteiger charge is -2.07. The van der Waals surface area contributed by atoms with Gasteiger partial charge in [0.25, 0.3) is 10.0 Å². The van der Waals surface area contributed by atoms with Crippen molar-refractivity contribution in [2.24, 2.45) is 5.73 Å². The minimum atomic E-state index is -3.63. The molecule has 1 aromatic carbocycles. The molecule has 0 radical (unpaired) electrons. The van der Waals surface area contributed by atoms with Crippen LogP contribution in [-0.4, -0.2) is 19.9 Å². The molecular formula is C14H15N3O2S2. The van der Waals surface area contributed by atoms with Crippen molar-refractivity contribution in [2.45, 2.75) is 18.7 Å². The third kappa shape index (κ3) is 3.82. The summed E-state index contributed by atoms with van der Waals surface area (Å²) < 4.78 is 27.0. The number of anilines is 1. The normalized spacial score (nSPS) is 10.8. The van der Waals surface area contributed by atoms with E-state index in [0.717, 1.165) is 16.0 Å². The minimum Gasteiger partial charge on any atom is -0.320 e. The van der Waals surface area contributed by atoms with Gasteiger partial charge in [0.1, 0.15) is 0 Å². The van der Waals surface area contributed by atoms with E-state index in [-0.39, 0.29) is 11.4 Å². The van der Waals surface area contributed by atoms with Gasteiger partial charge in [-0.15, -0.1) is 11.3 Å². The molecule has 3 N–H and O–H groups in total. The lowest BCUT2D eigenvalue weighted by Crippen LogP contribution is -2.13. The molecule has 2 rings (SSSR count). The maximum absolute atomic E-state index is 12.3. The first kappa shape index (κ1) is 15.5. The second-order valence-electron chi connectivity index (χ2n) is 4.36. The average Bonchev–Trinajstić information content (AvgIpc) is 2.82. The number of thiazole rings is 1. The molecule has 110 valence electrons. The van der Waals surface area contributed by atoms with Gasteiger partial charge in [-0.25, -0.2) is 13.4 Å². The number of nitrogens with two attached hydrogens (primary N) is 1. The highest BCUT2D eigenvalue weighted by Crippen LogP contribution is 2.22. The van der Waals surface area contributed by atoms with Crippen molar-refractivity contribution >= 4 is 26.5 Å². The van der Waals surface area contributed by atoms with Crippen LogP contribution in [0.1, 0.15) is 16.0 Å². The monoisotopic (exact) mass is 321 g/mol. The second-order valence-corrected chi connectivity index (χ2v) is 7.28. The van der Waals surface area contributed by atoms with Gasteiger partial charge in [-0.3, -0.25) is 4.72 Å². The van der Waals surface area contributed by atoms with Crippen LogP contribution in [0.2, 0.25) is 0 Å². The fourth-order valence-corrected chi connectivity index (χ4v) is 3.66. The minimum absolute atomic E-state index is 0.186. The third-order valence-electron chi connectivity index (χ3n) is 2.68. The van der Waals surface area contributed by atoms with E-state index in [1.54, 1.807) is 18.3 Å². The summed E-state index contributed by atoms with van der Waals surface area (Å²) in [4.78, 5) is 5.13. The van der Waals surface area contributed by atoms with Crippen molar-refractivity contribution in [1.82, 2.24) is 4.98 Å². The zero-order chi connectivity index (χ0) is 15.5. The van der Waals surface area contributed by atoms with Crippen molar-refractivity contribution in [3.63, 3.8) is 0 Å². The van der Waals surface area contributed by atoms with Crippen molar-refractivity contribution < 1.29 is 8.42 Å². The lowest BCUT2D eigenvalue weighted by atomic mass is 10.1. The van der Waals surface area contributed by atoms with Crippen molar-refractivity contribution in [3.05, 3.63) is 40.4 Å². The number of benzene rings is 1. The lowest BCUT2D eigenvalue weighted by molar-refractivity contribution is 0.601. The van der Waals surface area contributed by atoms with E-state index in [9.17, 15) is 8.42 Å². The number of nitrogens with one attached hydrogen (secondary N) is 1. The van der Waals surface area contributed by atoms with Crippen molar-refractivity contribution in [1.29, 1.82) is 0 Å². The predicted octanol–water partition coefficient (Wildman–Crippen LogP) is 1.87. The first-order valence-electron chi connectivity index (χ1n) is 6.17. The summed E-state index contributed by atoms with van der Waals surface area (Å²) in [6.45, 7) is 3.95. The molecule has 0 fully saturated rings. The quantitative estimate of drug-likeness (QED) is 0.845. The first-order valence-corrected chi connectivity index (χ1v) is 8.47. The third-order valence-corrected chi connectivity index (χ3v) is 4.97. The molecule has 21 heavy (non-hydrogen) atoms. The molecule has 0 aliphatic carbocycles. The van der Waals surface area contributed by atoms with Gasteiger partial charge in [-0.05, 0) is 37.6 Å². The molecule has 0 saturated carbocycles. The highest BCUT2D eigenvalue weighted by Gasteiger charge is 2.16.